The van der Waals surface area contributed by atoms with Gasteiger partial charge in [-0.3, -0.25) is 9.78 Å². The zero-order valence-corrected chi connectivity index (χ0v) is 19.9. The number of nitrogens with zero attached hydrogens (tertiary/aromatic N) is 5. The maximum Gasteiger partial charge on any atom is 0.259 e. The minimum atomic E-state index is -0.180. The lowest BCUT2D eigenvalue weighted by molar-refractivity contribution is 0.0729. The number of ether oxygens (including phenoxy) is 2. The van der Waals surface area contributed by atoms with Crippen molar-refractivity contribution in [2.75, 3.05) is 7.11 Å². The van der Waals surface area contributed by atoms with Gasteiger partial charge in [0.15, 0.2) is 17.1 Å². The van der Waals surface area contributed by atoms with Gasteiger partial charge in [0.05, 0.1) is 25.5 Å². The van der Waals surface area contributed by atoms with Crippen molar-refractivity contribution >= 4 is 22.9 Å². The summed E-state index contributed by atoms with van der Waals surface area (Å²) in [7, 11) is 1.61. The number of pyridine rings is 1. The van der Waals surface area contributed by atoms with Crippen molar-refractivity contribution in [3.05, 3.63) is 106 Å². The Morgan fingerprint density at radius 1 is 1.03 bits per heavy atom. The van der Waals surface area contributed by atoms with Crippen LogP contribution in [0.5, 0.6) is 11.5 Å². The molecule has 0 spiro atoms. The van der Waals surface area contributed by atoms with Crippen LogP contribution >= 0.6 is 11.3 Å². The number of thiophene rings is 1. The Morgan fingerprint density at radius 2 is 1.94 bits per heavy atom. The maximum atomic E-state index is 13.7. The number of carbonyl (C=O) groups excluding carboxylic acids is 1. The summed E-state index contributed by atoms with van der Waals surface area (Å²) >= 11 is 1.63. The van der Waals surface area contributed by atoms with Crippen molar-refractivity contribution < 1.29 is 14.3 Å². The lowest BCUT2D eigenvalue weighted by Crippen LogP contribution is -2.30. The molecule has 0 bridgehead atoms. The van der Waals surface area contributed by atoms with E-state index in [9.17, 15) is 4.79 Å². The van der Waals surface area contributed by atoms with Gasteiger partial charge >= 0.3 is 0 Å². The van der Waals surface area contributed by atoms with Crippen LogP contribution in [0, 0.1) is 0 Å². The highest BCUT2D eigenvalue weighted by molar-refractivity contribution is 7.07. The molecule has 0 aliphatic heterocycles. The highest BCUT2D eigenvalue weighted by Gasteiger charge is 2.22. The van der Waals surface area contributed by atoms with E-state index < -0.39 is 0 Å². The Labute approximate surface area is 206 Å². The summed E-state index contributed by atoms with van der Waals surface area (Å²) in [4.78, 5) is 24.2. The Hall–Kier alpha value is -4.24. The van der Waals surface area contributed by atoms with E-state index in [1.54, 1.807) is 58.7 Å². The molecule has 5 rings (SSSR count). The number of methoxy groups -OCH3 is 1. The molecule has 5 aromatic rings. The van der Waals surface area contributed by atoms with E-state index in [0.717, 1.165) is 16.8 Å². The lowest BCUT2D eigenvalue weighted by Gasteiger charge is -2.23. The molecular formula is C26H23N5O3S. The van der Waals surface area contributed by atoms with Gasteiger partial charge < -0.3 is 14.4 Å². The summed E-state index contributed by atoms with van der Waals surface area (Å²) in [6, 6.07) is 15.2. The van der Waals surface area contributed by atoms with E-state index in [0.29, 0.717) is 42.4 Å². The van der Waals surface area contributed by atoms with Gasteiger partial charge in [-0.25, -0.2) is 9.50 Å². The van der Waals surface area contributed by atoms with Crippen LogP contribution in [0.4, 0.5) is 0 Å². The second-order valence-corrected chi connectivity index (χ2v) is 8.61. The molecule has 0 unspecified atom stereocenters. The van der Waals surface area contributed by atoms with Crippen molar-refractivity contribution in [1.82, 2.24) is 24.5 Å². The number of fused-ring (bicyclic) bond motifs is 1. The zero-order chi connectivity index (χ0) is 24.0. The van der Waals surface area contributed by atoms with E-state index in [1.807, 2.05) is 53.2 Å². The average Bonchev–Trinajstić information content (AvgIpc) is 3.57. The quantitative estimate of drug-likeness (QED) is 0.303. The second-order valence-electron chi connectivity index (χ2n) is 7.83. The van der Waals surface area contributed by atoms with Crippen LogP contribution in [0.2, 0.25) is 0 Å². The molecule has 35 heavy (non-hydrogen) atoms. The van der Waals surface area contributed by atoms with Gasteiger partial charge in [0.2, 0.25) is 0 Å². The summed E-state index contributed by atoms with van der Waals surface area (Å²) in [5.74, 6) is 1.08. The molecule has 0 saturated heterocycles. The fraction of sp³-hybridized carbons (Fsp3) is 0.154. The third-order valence-electron chi connectivity index (χ3n) is 5.45. The molecule has 8 nitrogen and oxygen atoms in total. The first-order valence-electron chi connectivity index (χ1n) is 11.0. The summed E-state index contributed by atoms with van der Waals surface area (Å²) in [5, 5.41) is 8.34. The van der Waals surface area contributed by atoms with Crippen LogP contribution in [0.1, 0.15) is 27.2 Å². The van der Waals surface area contributed by atoms with E-state index >= 15 is 0 Å². The van der Waals surface area contributed by atoms with Crippen molar-refractivity contribution in [2.45, 2.75) is 19.7 Å². The molecule has 9 heteroatoms. The van der Waals surface area contributed by atoms with Crippen molar-refractivity contribution in [3.8, 4) is 11.5 Å². The first-order valence-corrected chi connectivity index (χ1v) is 11.9. The Morgan fingerprint density at radius 3 is 2.74 bits per heavy atom. The molecule has 0 N–H and O–H groups in total. The number of amides is 1. The third-order valence-corrected chi connectivity index (χ3v) is 6.18. The molecule has 0 radical (unpaired) electrons. The second kappa shape index (κ2) is 10.4. The first kappa shape index (κ1) is 22.5. The summed E-state index contributed by atoms with van der Waals surface area (Å²) < 4.78 is 13.1. The van der Waals surface area contributed by atoms with Crippen molar-refractivity contribution in [2.24, 2.45) is 0 Å². The number of hydrogen-bond donors (Lipinski definition) is 0. The van der Waals surface area contributed by atoms with E-state index in [4.69, 9.17) is 9.47 Å². The highest BCUT2D eigenvalue weighted by atomic mass is 32.1. The molecule has 0 atom stereocenters. The third kappa shape index (κ3) is 5.15. The van der Waals surface area contributed by atoms with Crippen LogP contribution in [0.3, 0.4) is 0 Å². The van der Waals surface area contributed by atoms with E-state index in [-0.39, 0.29) is 5.91 Å². The summed E-state index contributed by atoms with van der Waals surface area (Å²) in [5.41, 5.74) is 3.73. The molecule has 176 valence electrons. The van der Waals surface area contributed by atoms with Crippen molar-refractivity contribution in [1.29, 1.82) is 0 Å². The molecule has 0 aliphatic carbocycles. The Kier molecular flexibility index (Phi) is 6.67. The summed E-state index contributed by atoms with van der Waals surface area (Å²) in [6.45, 7) is 1.12. The molecule has 4 heterocycles. The predicted molar refractivity (Wildman–Crippen MR) is 132 cm³/mol. The number of carbonyl (C=O) groups is 1. The van der Waals surface area contributed by atoms with Gasteiger partial charge in [-0.05, 0) is 58.3 Å². The molecule has 1 amide bonds. The Balaban J connectivity index is 1.44. The first-order chi connectivity index (χ1) is 17.2. The molecule has 1 aromatic carbocycles. The molecule has 0 aliphatic rings. The lowest BCUT2D eigenvalue weighted by atomic mass is 10.1. The monoisotopic (exact) mass is 485 g/mol. The molecular weight excluding hydrogens is 462 g/mol. The number of benzene rings is 1. The minimum absolute atomic E-state index is 0.180. The van der Waals surface area contributed by atoms with Gasteiger partial charge in [0, 0.05) is 25.1 Å². The van der Waals surface area contributed by atoms with E-state index in [1.165, 1.54) is 0 Å². The normalized spacial score (nSPS) is 10.9. The number of hydrogen-bond acceptors (Lipinski definition) is 7. The highest BCUT2D eigenvalue weighted by Crippen LogP contribution is 2.30. The van der Waals surface area contributed by atoms with Gasteiger partial charge in [0.25, 0.3) is 5.91 Å². The largest absolute Gasteiger partial charge is 0.493 e. The fourth-order valence-electron chi connectivity index (χ4n) is 3.72. The molecule has 0 fully saturated rings. The topological polar surface area (TPSA) is 81.9 Å². The number of rotatable bonds is 9. The predicted octanol–water partition coefficient (Wildman–Crippen LogP) is 4.62. The standard InChI is InChI=1S/C26H23N5O3S/c1-33-23-7-6-19(13-24(23)34-17-20-8-12-35-18-20)15-30(16-21-5-2-3-9-27-21)26(32)22-14-29-31-11-4-10-28-25(22)31/h2-14,18H,15-17H2,1H3. The van der Waals surface area contributed by atoms with Crippen LogP contribution in [-0.4, -0.2) is 37.5 Å². The summed E-state index contributed by atoms with van der Waals surface area (Å²) in [6.07, 6.45) is 6.69. The maximum absolute atomic E-state index is 13.7. The van der Waals surface area contributed by atoms with Crippen LogP contribution in [-0.2, 0) is 19.7 Å². The minimum Gasteiger partial charge on any atom is -0.493 e. The van der Waals surface area contributed by atoms with Gasteiger partial charge in [0.1, 0.15) is 12.2 Å². The Bertz CT molecular complexity index is 1420. The van der Waals surface area contributed by atoms with Crippen LogP contribution in [0.15, 0.2) is 84.1 Å². The smallest absolute Gasteiger partial charge is 0.259 e. The average molecular weight is 486 g/mol. The van der Waals surface area contributed by atoms with Crippen LogP contribution < -0.4 is 9.47 Å². The van der Waals surface area contributed by atoms with Gasteiger partial charge in [-0.2, -0.15) is 16.4 Å². The van der Waals surface area contributed by atoms with Gasteiger partial charge in [-0.1, -0.05) is 12.1 Å². The fourth-order valence-corrected chi connectivity index (χ4v) is 4.38. The SMILES string of the molecule is COc1ccc(CN(Cc2ccccn2)C(=O)c2cnn3cccnc23)cc1OCc1ccsc1. The van der Waals surface area contributed by atoms with E-state index in [2.05, 4.69) is 15.1 Å². The van der Waals surface area contributed by atoms with Crippen molar-refractivity contribution in [3.63, 3.8) is 0 Å². The van der Waals surface area contributed by atoms with Gasteiger partial charge in [-0.15, -0.1) is 0 Å². The van der Waals surface area contributed by atoms with Crippen LogP contribution in [0.25, 0.3) is 5.65 Å². The molecule has 0 saturated carbocycles. The molecule has 4 aromatic heterocycles. The zero-order valence-electron chi connectivity index (χ0n) is 19.1. The number of aromatic nitrogens is 4.